The van der Waals surface area contributed by atoms with Crippen LogP contribution < -0.4 is 0 Å². The van der Waals surface area contributed by atoms with Crippen molar-refractivity contribution >= 4 is 52.0 Å². The molecule has 1 rings (SSSR count). The quantitative estimate of drug-likeness (QED) is 0.406. The molecule has 1 aliphatic heterocycles. The lowest BCUT2D eigenvalue weighted by Crippen LogP contribution is -2.26. The van der Waals surface area contributed by atoms with E-state index in [0.717, 1.165) is 0 Å². The predicted molar refractivity (Wildman–Crippen MR) is 53.6 cm³/mol. The van der Waals surface area contributed by atoms with Crippen LogP contribution in [0.1, 0.15) is 6.92 Å². The van der Waals surface area contributed by atoms with Gasteiger partial charge in [0, 0.05) is 11.9 Å². The van der Waals surface area contributed by atoms with Gasteiger partial charge in [0.25, 0.3) is 9.15 Å². The summed E-state index contributed by atoms with van der Waals surface area (Å²) in [6, 6.07) is 0. The van der Waals surface area contributed by atoms with Crippen LogP contribution in [0.15, 0.2) is 4.99 Å². The van der Waals surface area contributed by atoms with Crippen LogP contribution in [0.4, 0.5) is 0 Å². The van der Waals surface area contributed by atoms with Gasteiger partial charge in [-0.15, -0.1) is 0 Å². The van der Waals surface area contributed by atoms with E-state index >= 15 is 0 Å². The van der Waals surface area contributed by atoms with Crippen molar-refractivity contribution in [3.8, 4) is 0 Å². The zero-order valence-corrected chi connectivity index (χ0v) is 9.34. The Balaban J connectivity index is 2.41. The number of aliphatic imine (C=N–C) groups is 1. The molecular weight excluding hydrogens is 242 g/mol. The van der Waals surface area contributed by atoms with Crippen LogP contribution >= 0.6 is 46.8 Å². The molecule has 0 spiro atoms. The summed E-state index contributed by atoms with van der Waals surface area (Å²) < 4.78 is 5.20. The van der Waals surface area contributed by atoms with Crippen LogP contribution in [-0.4, -0.2) is 26.7 Å². The molecule has 1 heterocycles. The molecule has 0 amide bonds. The van der Waals surface area contributed by atoms with Gasteiger partial charge in [-0.2, -0.15) is 4.31 Å². The van der Waals surface area contributed by atoms with Crippen molar-refractivity contribution in [3.05, 3.63) is 0 Å². The lowest BCUT2D eigenvalue weighted by molar-refractivity contribution is 0.337. The maximum atomic E-state index is 5.61. The molecule has 0 fully saturated rings. The van der Waals surface area contributed by atoms with E-state index in [-0.39, 0.29) is 0 Å². The van der Waals surface area contributed by atoms with E-state index in [2.05, 4.69) is 4.99 Å². The van der Waals surface area contributed by atoms with E-state index in [9.17, 15) is 0 Å². The van der Waals surface area contributed by atoms with Crippen molar-refractivity contribution in [2.45, 2.75) is 10.8 Å². The molecule has 3 nitrogen and oxygen atoms in total. The largest absolute Gasteiger partial charge is 0.472 e. The molecule has 0 radical (unpaired) electrons. The van der Waals surface area contributed by atoms with E-state index in [1.165, 1.54) is 16.3 Å². The minimum absolute atomic E-state index is 0.344. The molecule has 0 aliphatic carbocycles. The first-order chi connectivity index (χ1) is 5.54. The summed E-state index contributed by atoms with van der Waals surface area (Å²) in [6.07, 6.45) is 0. The van der Waals surface area contributed by atoms with Crippen molar-refractivity contribution in [2.24, 2.45) is 4.99 Å². The summed E-state index contributed by atoms with van der Waals surface area (Å²) in [5.74, 6) is 0. The Morgan fingerprint density at radius 2 is 2.33 bits per heavy atom. The highest BCUT2D eigenvalue weighted by molar-refractivity contribution is 8.11. The Kier molecular flexibility index (Phi) is 3.79. The van der Waals surface area contributed by atoms with Crippen LogP contribution in [0.3, 0.4) is 0 Å². The lowest BCUT2D eigenvalue weighted by atomic mass is 10.9. The topological polar surface area (TPSA) is 24.8 Å². The Morgan fingerprint density at radius 3 is 2.75 bits per heavy atom. The number of alkyl halides is 3. The summed E-state index contributed by atoms with van der Waals surface area (Å²) >= 11 is 18.0. The normalized spacial score (nSPS) is 19.5. The first kappa shape index (κ1) is 10.7. The van der Waals surface area contributed by atoms with Crippen LogP contribution in [0.5, 0.6) is 0 Å². The van der Waals surface area contributed by atoms with Crippen LogP contribution in [-0.2, 0) is 4.74 Å². The van der Waals surface area contributed by atoms with Gasteiger partial charge in [0.15, 0.2) is 0 Å². The second-order valence-electron chi connectivity index (χ2n) is 1.94. The van der Waals surface area contributed by atoms with Gasteiger partial charge in [-0.25, -0.2) is 4.99 Å². The minimum atomic E-state index is -1.42. The Labute approximate surface area is 90.1 Å². The van der Waals surface area contributed by atoms with E-state index < -0.39 is 3.92 Å². The number of hydrogen-bond acceptors (Lipinski definition) is 4. The van der Waals surface area contributed by atoms with Gasteiger partial charge in [0.1, 0.15) is 6.67 Å². The van der Waals surface area contributed by atoms with Gasteiger partial charge in [-0.05, 0) is 6.92 Å². The average Bonchev–Trinajstić information content (AvgIpc) is 2.35. The van der Waals surface area contributed by atoms with Crippen LogP contribution in [0.2, 0.25) is 0 Å². The van der Waals surface area contributed by atoms with Crippen molar-refractivity contribution in [1.82, 2.24) is 4.31 Å². The fraction of sp³-hybridized carbons (Fsp3) is 0.800. The molecule has 0 bridgehead atoms. The summed E-state index contributed by atoms with van der Waals surface area (Å²) in [5.41, 5.74) is 0. The third kappa shape index (κ3) is 2.85. The van der Waals surface area contributed by atoms with Crippen molar-refractivity contribution in [1.29, 1.82) is 0 Å². The number of halogens is 3. The summed E-state index contributed by atoms with van der Waals surface area (Å²) in [6.45, 7) is 2.79. The molecule has 0 aromatic carbocycles. The van der Waals surface area contributed by atoms with E-state index in [4.69, 9.17) is 39.5 Å². The molecule has 0 saturated heterocycles. The molecule has 0 aromatic heterocycles. The number of nitrogens with zero attached hydrogens (tertiary/aromatic N) is 2. The Morgan fingerprint density at radius 1 is 1.67 bits per heavy atom. The number of rotatable bonds is 1. The van der Waals surface area contributed by atoms with Crippen LogP contribution in [0, 0.1) is 0 Å². The molecule has 0 unspecified atom stereocenters. The second-order valence-corrected chi connectivity index (χ2v) is 5.13. The van der Waals surface area contributed by atoms with Gasteiger partial charge >= 0.3 is 0 Å². The fourth-order valence-electron chi connectivity index (χ4n) is 0.601. The molecule has 0 atom stereocenters. The SMILES string of the molecule is CCOC1=NCN(C(Cl)(Cl)Cl)S1. The third-order valence-corrected chi connectivity index (χ3v) is 2.99. The molecule has 1 aliphatic rings. The van der Waals surface area contributed by atoms with Crippen molar-refractivity contribution in [2.75, 3.05) is 13.3 Å². The van der Waals surface area contributed by atoms with Crippen LogP contribution in [0.25, 0.3) is 0 Å². The third-order valence-electron chi connectivity index (χ3n) is 1.07. The molecule has 70 valence electrons. The zero-order chi connectivity index (χ0) is 9.19. The average molecular weight is 250 g/mol. The summed E-state index contributed by atoms with van der Waals surface area (Å²) in [4.78, 5) is 4.00. The highest BCUT2D eigenvalue weighted by Crippen LogP contribution is 2.38. The monoisotopic (exact) mass is 248 g/mol. The molecule has 12 heavy (non-hydrogen) atoms. The predicted octanol–water partition coefficient (Wildman–Crippen LogP) is 2.63. The second kappa shape index (κ2) is 4.24. The van der Waals surface area contributed by atoms with Crippen molar-refractivity contribution < 1.29 is 4.74 Å². The highest BCUT2D eigenvalue weighted by Gasteiger charge is 2.35. The standard InChI is InChI=1S/C5H7Cl3N2OS/c1-2-11-4-9-3-10(12-4)5(6,7)8/h2-3H2,1H3. The molecule has 0 aromatic rings. The molecule has 0 saturated carbocycles. The summed E-state index contributed by atoms with van der Waals surface area (Å²) in [5, 5.41) is 0.545. The molecule has 0 N–H and O–H groups in total. The van der Waals surface area contributed by atoms with Gasteiger partial charge < -0.3 is 4.74 Å². The van der Waals surface area contributed by atoms with Gasteiger partial charge in [-0.3, -0.25) is 0 Å². The fourth-order valence-corrected chi connectivity index (χ4v) is 1.77. The lowest BCUT2D eigenvalue weighted by Gasteiger charge is -2.20. The van der Waals surface area contributed by atoms with E-state index in [0.29, 0.717) is 18.5 Å². The first-order valence-electron chi connectivity index (χ1n) is 3.23. The van der Waals surface area contributed by atoms with E-state index in [1.807, 2.05) is 6.92 Å². The van der Waals surface area contributed by atoms with E-state index in [1.54, 1.807) is 0 Å². The van der Waals surface area contributed by atoms with Gasteiger partial charge in [0.2, 0.25) is 0 Å². The Bertz CT molecular complexity index is 194. The van der Waals surface area contributed by atoms with Crippen molar-refractivity contribution in [3.63, 3.8) is 0 Å². The highest BCUT2D eigenvalue weighted by atomic mass is 35.6. The number of ether oxygens (including phenoxy) is 1. The Hall–Kier alpha value is 0.650. The van der Waals surface area contributed by atoms with Gasteiger partial charge in [-0.1, -0.05) is 34.8 Å². The molecule has 7 heteroatoms. The maximum Gasteiger partial charge on any atom is 0.263 e. The summed E-state index contributed by atoms with van der Waals surface area (Å²) in [7, 11) is 0. The molecular formula is C5H7Cl3N2OS. The minimum Gasteiger partial charge on any atom is -0.472 e. The number of hydrogen-bond donors (Lipinski definition) is 0. The van der Waals surface area contributed by atoms with Gasteiger partial charge in [0.05, 0.1) is 6.61 Å². The first-order valence-corrected chi connectivity index (χ1v) is 5.14. The smallest absolute Gasteiger partial charge is 0.263 e. The zero-order valence-electron chi connectivity index (χ0n) is 6.26. The maximum absolute atomic E-state index is 5.61.